The lowest BCUT2D eigenvalue weighted by molar-refractivity contribution is -0.139. The van der Waals surface area contributed by atoms with E-state index >= 15 is 0 Å². The standard InChI is InChI=1S/C22H24F3N4O6P/c1-12-18(30)17(34-21(12)29-8-6-14-19(26)27-11-28-20(14)29)10-33-36(31)32-9-7-16(35-36)13-4-2-3-5-15(13)22(23,24)25/h2-6,8,11-12,16-18,21,30H,7,9-10H2,1H3,(H2,26,27,28)/t12-,16+,17+,18-,21+,36?/m0/s1. The Labute approximate surface area is 203 Å². The van der Waals surface area contributed by atoms with Gasteiger partial charge in [-0.1, -0.05) is 25.1 Å². The predicted molar refractivity (Wildman–Crippen MR) is 120 cm³/mol. The molecule has 6 atom stereocenters. The Morgan fingerprint density at radius 2 is 2.06 bits per heavy atom. The molecule has 0 spiro atoms. The Morgan fingerprint density at radius 1 is 1.28 bits per heavy atom. The van der Waals surface area contributed by atoms with Crippen molar-refractivity contribution in [3.63, 3.8) is 0 Å². The summed E-state index contributed by atoms with van der Waals surface area (Å²) in [6, 6.07) is 6.66. The van der Waals surface area contributed by atoms with Crippen LogP contribution in [-0.4, -0.2) is 45.1 Å². The van der Waals surface area contributed by atoms with Crippen LogP contribution in [0.5, 0.6) is 0 Å². The van der Waals surface area contributed by atoms with E-state index in [-0.39, 0.29) is 25.2 Å². The van der Waals surface area contributed by atoms with Crippen LogP contribution in [0.15, 0.2) is 42.9 Å². The number of alkyl halides is 3. The van der Waals surface area contributed by atoms with E-state index in [4.69, 9.17) is 24.0 Å². The molecule has 4 heterocycles. The van der Waals surface area contributed by atoms with E-state index in [1.807, 2.05) is 0 Å². The van der Waals surface area contributed by atoms with E-state index in [0.29, 0.717) is 16.9 Å². The Kier molecular flexibility index (Phi) is 6.56. The van der Waals surface area contributed by atoms with Crippen LogP contribution in [0.1, 0.15) is 36.8 Å². The van der Waals surface area contributed by atoms with Gasteiger partial charge >= 0.3 is 14.0 Å². The number of benzene rings is 1. The van der Waals surface area contributed by atoms with Gasteiger partial charge in [0.25, 0.3) is 0 Å². The molecular weight excluding hydrogens is 504 g/mol. The van der Waals surface area contributed by atoms with Crippen LogP contribution in [-0.2, 0) is 29.0 Å². The first-order valence-corrected chi connectivity index (χ1v) is 12.7. The molecule has 0 radical (unpaired) electrons. The van der Waals surface area contributed by atoms with Crippen molar-refractivity contribution in [2.75, 3.05) is 18.9 Å². The molecule has 2 saturated heterocycles. The number of hydrogen-bond donors (Lipinski definition) is 2. The van der Waals surface area contributed by atoms with Gasteiger partial charge in [0.2, 0.25) is 0 Å². The number of nitrogens with two attached hydrogens (primary N) is 1. The lowest BCUT2D eigenvalue weighted by Crippen LogP contribution is -2.30. The van der Waals surface area contributed by atoms with Crippen molar-refractivity contribution >= 4 is 24.7 Å². The zero-order valence-electron chi connectivity index (χ0n) is 19.0. The third-order valence-electron chi connectivity index (χ3n) is 6.39. The largest absolute Gasteiger partial charge is 0.475 e. The number of halogens is 3. The maximum Gasteiger partial charge on any atom is 0.475 e. The van der Waals surface area contributed by atoms with E-state index in [1.54, 1.807) is 23.8 Å². The molecule has 1 unspecified atom stereocenters. The highest BCUT2D eigenvalue weighted by Crippen LogP contribution is 2.58. The van der Waals surface area contributed by atoms with Crippen molar-refractivity contribution in [2.45, 2.75) is 44.1 Å². The molecule has 14 heteroatoms. The molecule has 3 aromatic rings. The van der Waals surface area contributed by atoms with Crippen molar-refractivity contribution < 1.29 is 41.2 Å². The number of fused-ring (bicyclic) bond motifs is 1. The van der Waals surface area contributed by atoms with Crippen molar-refractivity contribution in [2.24, 2.45) is 5.92 Å². The summed E-state index contributed by atoms with van der Waals surface area (Å²) in [4.78, 5) is 8.19. The molecule has 194 valence electrons. The minimum Gasteiger partial charge on any atom is -0.390 e. The molecule has 36 heavy (non-hydrogen) atoms. The summed E-state index contributed by atoms with van der Waals surface area (Å²) in [6.45, 7) is 1.27. The minimum absolute atomic E-state index is 0.0633. The van der Waals surface area contributed by atoms with E-state index in [1.165, 1.54) is 24.5 Å². The Bertz CT molecular complexity index is 1300. The van der Waals surface area contributed by atoms with Gasteiger partial charge in [0.05, 0.1) is 36.4 Å². The first kappa shape index (κ1) is 25.1. The Hall–Kier alpha value is -2.54. The fourth-order valence-corrected chi connectivity index (χ4v) is 5.92. The van der Waals surface area contributed by atoms with Crippen LogP contribution >= 0.6 is 7.82 Å². The number of anilines is 1. The predicted octanol–water partition coefficient (Wildman–Crippen LogP) is 4.23. The second-order valence-corrected chi connectivity index (χ2v) is 10.3. The summed E-state index contributed by atoms with van der Waals surface area (Å²) in [5.41, 5.74) is 5.39. The summed E-state index contributed by atoms with van der Waals surface area (Å²) >= 11 is 0. The fraction of sp³-hybridized carbons (Fsp3) is 0.455. The average Bonchev–Trinajstić information content (AvgIpc) is 3.39. The molecule has 10 nitrogen and oxygen atoms in total. The average molecular weight is 528 g/mol. The van der Waals surface area contributed by atoms with Crippen molar-refractivity contribution in [1.29, 1.82) is 0 Å². The third kappa shape index (κ3) is 4.62. The summed E-state index contributed by atoms with van der Waals surface area (Å²) in [7, 11) is -4.23. The SMILES string of the molecule is C[C@H]1[C@H](O)[C@@H](COP2(=O)OCC[C@H](c3ccccc3C(F)(F)F)O2)O[C@H]1n1ccc2c(N)ncnc21. The molecule has 2 aliphatic heterocycles. The summed E-state index contributed by atoms with van der Waals surface area (Å²) in [5.74, 6) is -0.109. The van der Waals surface area contributed by atoms with Crippen LogP contribution in [0.25, 0.3) is 11.0 Å². The molecule has 2 aromatic heterocycles. The van der Waals surface area contributed by atoms with Crippen molar-refractivity contribution in [3.05, 3.63) is 54.0 Å². The molecule has 1 aromatic carbocycles. The maximum absolute atomic E-state index is 13.5. The molecule has 2 fully saturated rings. The second kappa shape index (κ2) is 9.40. The van der Waals surface area contributed by atoms with Crippen molar-refractivity contribution in [3.8, 4) is 0 Å². The summed E-state index contributed by atoms with van der Waals surface area (Å²) in [5, 5.41) is 11.4. The van der Waals surface area contributed by atoms with E-state index in [0.717, 1.165) is 6.07 Å². The number of phosphoric ester groups is 1. The molecule has 0 amide bonds. The Morgan fingerprint density at radius 3 is 2.83 bits per heavy atom. The molecular formula is C22H24F3N4O6P. The van der Waals surface area contributed by atoms with Gasteiger partial charge in [-0.05, 0) is 17.7 Å². The Balaban J connectivity index is 1.29. The zero-order chi connectivity index (χ0) is 25.7. The summed E-state index contributed by atoms with van der Waals surface area (Å²) in [6.07, 6.45) is -5.21. The number of hydrogen-bond acceptors (Lipinski definition) is 9. The van der Waals surface area contributed by atoms with Gasteiger partial charge in [-0.3, -0.25) is 13.6 Å². The van der Waals surface area contributed by atoms with E-state index in [2.05, 4.69) is 9.97 Å². The van der Waals surface area contributed by atoms with Gasteiger partial charge in [0, 0.05) is 18.5 Å². The molecule has 0 bridgehead atoms. The molecule has 5 rings (SSSR count). The number of phosphoric acid groups is 1. The van der Waals surface area contributed by atoms with Gasteiger partial charge in [0.1, 0.15) is 30.1 Å². The van der Waals surface area contributed by atoms with Gasteiger partial charge in [-0.15, -0.1) is 0 Å². The first-order chi connectivity index (χ1) is 17.1. The third-order valence-corrected chi connectivity index (χ3v) is 7.87. The molecule has 0 aliphatic carbocycles. The second-order valence-electron chi connectivity index (χ2n) is 8.68. The number of nitrogens with zero attached hydrogens (tertiary/aromatic N) is 3. The molecule has 0 saturated carbocycles. The monoisotopic (exact) mass is 528 g/mol. The number of aliphatic hydroxyl groups excluding tert-OH is 1. The lowest BCUT2D eigenvalue weighted by atomic mass is 10.00. The van der Waals surface area contributed by atoms with Crippen LogP contribution < -0.4 is 5.73 Å². The van der Waals surface area contributed by atoms with Crippen LogP contribution in [0.3, 0.4) is 0 Å². The van der Waals surface area contributed by atoms with Gasteiger partial charge in [0.15, 0.2) is 0 Å². The van der Waals surface area contributed by atoms with E-state index in [9.17, 15) is 22.8 Å². The quantitative estimate of drug-likeness (QED) is 0.467. The molecule has 3 N–H and O–H groups in total. The smallest absolute Gasteiger partial charge is 0.390 e. The van der Waals surface area contributed by atoms with Crippen LogP contribution in [0, 0.1) is 5.92 Å². The first-order valence-electron chi connectivity index (χ1n) is 11.2. The van der Waals surface area contributed by atoms with Crippen molar-refractivity contribution in [1.82, 2.24) is 14.5 Å². The normalized spacial score (nSPS) is 31.2. The van der Waals surface area contributed by atoms with E-state index < -0.39 is 50.0 Å². The highest BCUT2D eigenvalue weighted by atomic mass is 31.2. The fourth-order valence-electron chi connectivity index (χ4n) is 4.53. The minimum atomic E-state index is -4.60. The number of aliphatic hydroxyl groups is 1. The number of ether oxygens (including phenoxy) is 1. The van der Waals surface area contributed by atoms with Gasteiger partial charge in [-0.25, -0.2) is 14.5 Å². The van der Waals surface area contributed by atoms with Crippen LogP contribution in [0.4, 0.5) is 19.0 Å². The number of nitrogen functional groups attached to an aromatic ring is 1. The lowest BCUT2D eigenvalue weighted by Gasteiger charge is -2.31. The highest BCUT2D eigenvalue weighted by molar-refractivity contribution is 7.48. The number of aromatic nitrogens is 3. The topological polar surface area (TPSA) is 131 Å². The van der Waals surface area contributed by atoms with Crippen LogP contribution in [0.2, 0.25) is 0 Å². The van der Waals surface area contributed by atoms with Gasteiger partial charge < -0.3 is 20.1 Å². The molecule has 2 aliphatic rings. The number of rotatable bonds is 5. The highest BCUT2D eigenvalue weighted by Gasteiger charge is 2.46. The maximum atomic E-state index is 13.5. The van der Waals surface area contributed by atoms with Gasteiger partial charge in [-0.2, -0.15) is 13.2 Å². The summed E-state index contributed by atoms with van der Waals surface area (Å²) < 4.78 is 77.2. The zero-order valence-corrected chi connectivity index (χ0v) is 19.9.